The quantitative estimate of drug-likeness (QED) is 0.670. The monoisotopic (exact) mass is 403 g/mol. The van der Waals surface area contributed by atoms with Gasteiger partial charge in [-0.05, 0) is 48.9 Å². The number of rotatable bonds is 7. The number of hydrogen-bond acceptors (Lipinski definition) is 6. The molecule has 28 heavy (non-hydrogen) atoms. The Labute approximate surface area is 163 Å². The van der Waals surface area contributed by atoms with Gasteiger partial charge in [0, 0.05) is 6.54 Å². The number of nitrogens with one attached hydrogen (secondary N) is 1. The number of hydrogen-bond donors (Lipinski definition) is 2. The lowest BCUT2D eigenvalue weighted by Gasteiger charge is -2.16. The zero-order valence-electron chi connectivity index (χ0n) is 15.3. The predicted molar refractivity (Wildman–Crippen MR) is 103 cm³/mol. The molecule has 1 fully saturated rings. The fourth-order valence-electron chi connectivity index (χ4n) is 2.96. The Morgan fingerprint density at radius 2 is 1.75 bits per heavy atom. The van der Waals surface area contributed by atoms with Gasteiger partial charge < -0.3 is 10.1 Å². The van der Waals surface area contributed by atoms with Crippen molar-refractivity contribution in [3.63, 3.8) is 0 Å². The van der Waals surface area contributed by atoms with Crippen molar-refractivity contribution in [3.05, 3.63) is 54.1 Å². The van der Waals surface area contributed by atoms with Crippen molar-refractivity contribution in [3.8, 4) is 5.75 Å². The second kappa shape index (κ2) is 8.09. The molecule has 1 aliphatic rings. The molecule has 1 saturated heterocycles. The molecular weight excluding hydrogens is 382 g/mol. The Morgan fingerprint density at radius 1 is 1.11 bits per heavy atom. The average Bonchev–Trinajstić information content (AvgIpc) is 2.94. The van der Waals surface area contributed by atoms with Gasteiger partial charge in [-0.3, -0.25) is 9.59 Å². The second-order valence-electron chi connectivity index (χ2n) is 6.32. The fourth-order valence-corrected chi connectivity index (χ4v) is 3.47. The van der Waals surface area contributed by atoms with Gasteiger partial charge in [-0.25, -0.2) is 18.5 Å². The lowest BCUT2D eigenvalue weighted by molar-refractivity contribution is -0.121. The van der Waals surface area contributed by atoms with Gasteiger partial charge in [-0.15, -0.1) is 0 Å². The number of anilines is 1. The van der Waals surface area contributed by atoms with Gasteiger partial charge in [0.2, 0.25) is 15.9 Å². The van der Waals surface area contributed by atoms with Crippen molar-refractivity contribution in [1.82, 2.24) is 5.32 Å². The molecule has 0 saturated carbocycles. The van der Waals surface area contributed by atoms with Gasteiger partial charge in [0.05, 0.1) is 29.7 Å². The zero-order chi connectivity index (χ0) is 20.3. The van der Waals surface area contributed by atoms with E-state index in [1.54, 1.807) is 36.4 Å². The van der Waals surface area contributed by atoms with Crippen molar-refractivity contribution in [2.24, 2.45) is 5.14 Å². The van der Waals surface area contributed by atoms with Crippen LogP contribution in [0.25, 0.3) is 0 Å². The smallest absolute Gasteiger partial charge is 0.251 e. The predicted octanol–water partition coefficient (Wildman–Crippen LogP) is 1.15. The number of carbonyl (C=O) groups excluding carboxylic acids is 2. The number of amides is 2. The molecule has 0 aliphatic carbocycles. The molecule has 2 aromatic rings. The zero-order valence-corrected chi connectivity index (χ0v) is 16.1. The van der Waals surface area contributed by atoms with Gasteiger partial charge in [0.15, 0.2) is 0 Å². The number of ether oxygens (including phenoxy) is 1. The SMILES string of the molecule is CCOc1ccc(N2C(=O)C[C@@H](NCc3ccc(S(N)(=O)=O)cc3)C2=O)cc1. The Hall–Kier alpha value is -2.75. The average molecular weight is 403 g/mol. The van der Waals surface area contributed by atoms with E-state index in [0.29, 0.717) is 24.6 Å². The largest absolute Gasteiger partial charge is 0.494 e. The highest BCUT2D eigenvalue weighted by Gasteiger charge is 2.39. The lowest BCUT2D eigenvalue weighted by Crippen LogP contribution is -2.38. The Morgan fingerprint density at radius 3 is 2.32 bits per heavy atom. The van der Waals surface area contributed by atoms with Crippen LogP contribution < -0.4 is 20.1 Å². The molecule has 1 aliphatic heterocycles. The second-order valence-corrected chi connectivity index (χ2v) is 7.88. The van der Waals surface area contributed by atoms with Gasteiger partial charge in [0.1, 0.15) is 5.75 Å². The maximum Gasteiger partial charge on any atom is 0.251 e. The van der Waals surface area contributed by atoms with E-state index in [1.165, 1.54) is 12.1 Å². The number of benzene rings is 2. The van der Waals surface area contributed by atoms with Crippen molar-refractivity contribution in [2.75, 3.05) is 11.5 Å². The van der Waals surface area contributed by atoms with Crippen LogP contribution in [0.5, 0.6) is 5.75 Å². The summed E-state index contributed by atoms with van der Waals surface area (Å²) < 4.78 is 27.9. The van der Waals surface area contributed by atoms with Crippen molar-refractivity contribution < 1.29 is 22.7 Å². The first kappa shape index (κ1) is 20.0. The molecule has 0 bridgehead atoms. The summed E-state index contributed by atoms with van der Waals surface area (Å²) in [7, 11) is -3.75. The van der Waals surface area contributed by atoms with Crippen LogP contribution in [0.15, 0.2) is 53.4 Å². The Bertz CT molecular complexity index is 972. The molecule has 0 unspecified atom stereocenters. The van der Waals surface area contributed by atoms with Gasteiger partial charge in [0.25, 0.3) is 5.91 Å². The van der Waals surface area contributed by atoms with Crippen LogP contribution in [0, 0.1) is 0 Å². The summed E-state index contributed by atoms with van der Waals surface area (Å²) in [6.07, 6.45) is 0.0569. The summed E-state index contributed by atoms with van der Waals surface area (Å²) in [6, 6.07) is 12.2. The molecule has 8 nitrogen and oxygen atoms in total. The number of sulfonamides is 1. The molecule has 3 N–H and O–H groups in total. The summed E-state index contributed by atoms with van der Waals surface area (Å²) in [5, 5.41) is 8.12. The van der Waals surface area contributed by atoms with E-state index >= 15 is 0 Å². The maximum absolute atomic E-state index is 12.6. The van der Waals surface area contributed by atoms with E-state index in [-0.39, 0.29) is 23.1 Å². The minimum Gasteiger partial charge on any atom is -0.494 e. The molecular formula is C19H21N3O5S. The minimum absolute atomic E-state index is 0.0186. The van der Waals surface area contributed by atoms with Crippen LogP contribution in [0.4, 0.5) is 5.69 Å². The molecule has 2 aromatic carbocycles. The highest BCUT2D eigenvalue weighted by Crippen LogP contribution is 2.25. The summed E-state index contributed by atoms with van der Waals surface area (Å²) in [5.41, 5.74) is 1.27. The van der Waals surface area contributed by atoms with E-state index in [0.717, 1.165) is 10.5 Å². The van der Waals surface area contributed by atoms with Gasteiger partial charge >= 0.3 is 0 Å². The van der Waals surface area contributed by atoms with E-state index < -0.39 is 16.1 Å². The van der Waals surface area contributed by atoms with Crippen LogP contribution in [-0.2, 0) is 26.2 Å². The summed E-state index contributed by atoms with van der Waals surface area (Å²) in [4.78, 5) is 26.2. The number of nitrogens with two attached hydrogens (primary N) is 1. The van der Waals surface area contributed by atoms with E-state index in [1.807, 2.05) is 6.92 Å². The topological polar surface area (TPSA) is 119 Å². The number of nitrogens with zero attached hydrogens (tertiary/aromatic N) is 1. The summed E-state index contributed by atoms with van der Waals surface area (Å²) in [5.74, 6) is 0.0644. The van der Waals surface area contributed by atoms with Crippen LogP contribution in [0.1, 0.15) is 18.9 Å². The maximum atomic E-state index is 12.6. The van der Waals surface area contributed by atoms with Gasteiger partial charge in [-0.1, -0.05) is 12.1 Å². The molecule has 2 amide bonds. The Kier molecular flexibility index (Phi) is 5.78. The van der Waals surface area contributed by atoms with Crippen LogP contribution in [0.3, 0.4) is 0 Å². The van der Waals surface area contributed by atoms with E-state index in [2.05, 4.69) is 5.32 Å². The summed E-state index contributed by atoms with van der Waals surface area (Å²) >= 11 is 0. The third-order valence-corrected chi connectivity index (χ3v) is 5.29. The molecule has 0 aromatic heterocycles. The first-order valence-electron chi connectivity index (χ1n) is 8.74. The van der Waals surface area contributed by atoms with E-state index in [9.17, 15) is 18.0 Å². The number of primary sulfonamides is 1. The lowest BCUT2D eigenvalue weighted by atomic mass is 10.2. The van der Waals surface area contributed by atoms with Crippen molar-refractivity contribution in [1.29, 1.82) is 0 Å². The normalized spacial score (nSPS) is 17.2. The van der Waals surface area contributed by atoms with Crippen LogP contribution >= 0.6 is 0 Å². The van der Waals surface area contributed by atoms with Crippen LogP contribution in [0.2, 0.25) is 0 Å². The van der Waals surface area contributed by atoms with Crippen molar-refractivity contribution in [2.45, 2.75) is 30.8 Å². The van der Waals surface area contributed by atoms with Gasteiger partial charge in [-0.2, -0.15) is 0 Å². The highest BCUT2D eigenvalue weighted by molar-refractivity contribution is 7.89. The molecule has 3 rings (SSSR count). The first-order chi connectivity index (χ1) is 13.3. The molecule has 9 heteroatoms. The molecule has 1 atom stereocenters. The highest BCUT2D eigenvalue weighted by atomic mass is 32.2. The Balaban J connectivity index is 1.65. The molecule has 1 heterocycles. The number of carbonyl (C=O) groups is 2. The number of imide groups is 1. The van der Waals surface area contributed by atoms with Crippen molar-refractivity contribution >= 4 is 27.5 Å². The fraction of sp³-hybridized carbons (Fsp3) is 0.263. The minimum atomic E-state index is -3.75. The standard InChI is InChI=1S/C19H21N3O5S/c1-2-27-15-7-5-14(6-8-15)22-18(23)11-17(19(22)24)21-12-13-3-9-16(10-4-13)28(20,25)26/h3-10,17,21H,2,11-12H2,1H3,(H2,20,25,26)/t17-/m1/s1. The molecule has 0 spiro atoms. The first-order valence-corrected chi connectivity index (χ1v) is 10.3. The molecule has 0 radical (unpaired) electrons. The summed E-state index contributed by atoms with van der Waals surface area (Å²) in [6.45, 7) is 2.72. The van der Waals surface area contributed by atoms with E-state index in [4.69, 9.17) is 9.88 Å². The molecule has 148 valence electrons. The third kappa shape index (κ3) is 4.38. The third-order valence-electron chi connectivity index (χ3n) is 4.36. The van der Waals surface area contributed by atoms with Crippen LogP contribution in [-0.4, -0.2) is 32.9 Å².